The lowest BCUT2D eigenvalue weighted by molar-refractivity contribution is -0.216. The fourth-order valence-corrected chi connectivity index (χ4v) is 5.60. The lowest BCUT2D eigenvalue weighted by atomic mass is 9.49. The van der Waals surface area contributed by atoms with E-state index in [1.807, 2.05) is 0 Å². The zero-order valence-corrected chi connectivity index (χ0v) is 15.7. The van der Waals surface area contributed by atoms with Crippen molar-refractivity contribution in [2.75, 3.05) is 6.61 Å². The highest BCUT2D eigenvalue weighted by molar-refractivity contribution is 5.81. The Morgan fingerprint density at radius 2 is 1.64 bits per heavy atom. The average molecular weight is 354 g/mol. The summed E-state index contributed by atoms with van der Waals surface area (Å²) in [6.07, 6.45) is 8.95. The first kappa shape index (κ1) is 18.7. The zero-order chi connectivity index (χ0) is 18.2. The molecule has 0 saturated heterocycles. The summed E-state index contributed by atoms with van der Waals surface area (Å²) in [5.74, 6) is 0.917. The van der Waals surface area contributed by atoms with Gasteiger partial charge < -0.3 is 9.47 Å². The molecule has 0 aromatic rings. The highest BCUT2D eigenvalue weighted by atomic mass is 19.1. The van der Waals surface area contributed by atoms with Crippen molar-refractivity contribution in [3.8, 4) is 0 Å². The normalized spacial score (nSPS) is 36.3. The van der Waals surface area contributed by atoms with E-state index in [1.165, 1.54) is 6.42 Å². The average Bonchev–Trinajstić information content (AvgIpc) is 2.53. The van der Waals surface area contributed by atoms with Crippen LogP contribution in [0.1, 0.15) is 72.1 Å². The molecule has 0 aromatic heterocycles. The van der Waals surface area contributed by atoms with Crippen molar-refractivity contribution in [3.05, 3.63) is 0 Å². The largest absolute Gasteiger partial charge is 0.456 e. The maximum atomic E-state index is 13.5. The molecule has 0 spiro atoms. The number of esters is 2. The monoisotopic (exact) mass is 354 g/mol. The molecule has 0 atom stereocenters. The summed E-state index contributed by atoms with van der Waals surface area (Å²) in [5, 5.41) is 0. The van der Waals surface area contributed by atoms with Gasteiger partial charge in [-0.1, -0.05) is 13.3 Å². The van der Waals surface area contributed by atoms with Gasteiger partial charge in [0.15, 0.2) is 6.61 Å². The third kappa shape index (κ3) is 3.70. The van der Waals surface area contributed by atoms with Gasteiger partial charge in [-0.3, -0.25) is 0 Å². The van der Waals surface area contributed by atoms with Crippen LogP contribution in [-0.2, 0) is 19.1 Å². The standard InChI is InChI=1S/C20H31FO4/c1-4-5-6-20(25-17(22)12-24-18(23)19(2,3)21)15-8-13-7-14(10-15)11-16(20)9-13/h13-16H,4-12H2,1-3H3. The number of rotatable bonds is 7. The van der Waals surface area contributed by atoms with Crippen LogP contribution in [0.5, 0.6) is 0 Å². The van der Waals surface area contributed by atoms with Crippen LogP contribution in [0.15, 0.2) is 0 Å². The maximum Gasteiger partial charge on any atom is 0.344 e. The molecule has 4 bridgehead atoms. The van der Waals surface area contributed by atoms with E-state index in [2.05, 4.69) is 6.92 Å². The minimum absolute atomic E-state index is 0.391. The first-order valence-corrected chi connectivity index (χ1v) is 9.82. The Hall–Kier alpha value is -1.13. The summed E-state index contributed by atoms with van der Waals surface area (Å²) in [7, 11) is 0. The smallest absolute Gasteiger partial charge is 0.344 e. The highest BCUT2D eigenvalue weighted by Gasteiger charge is 2.59. The van der Waals surface area contributed by atoms with E-state index in [9.17, 15) is 14.0 Å². The van der Waals surface area contributed by atoms with Gasteiger partial charge in [0.25, 0.3) is 0 Å². The van der Waals surface area contributed by atoms with Gasteiger partial charge in [-0.05, 0) is 82.5 Å². The number of ether oxygens (including phenoxy) is 2. The van der Waals surface area contributed by atoms with E-state index in [0.717, 1.165) is 70.6 Å². The molecule has 142 valence electrons. The molecule has 0 heterocycles. The molecule has 0 aliphatic heterocycles. The van der Waals surface area contributed by atoms with E-state index in [4.69, 9.17) is 9.47 Å². The van der Waals surface area contributed by atoms with Crippen LogP contribution >= 0.6 is 0 Å². The van der Waals surface area contributed by atoms with E-state index in [1.54, 1.807) is 0 Å². The van der Waals surface area contributed by atoms with Crippen molar-refractivity contribution < 1.29 is 23.5 Å². The molecule has 4 aliphatic carbocycles. The van der Waals surface area contributed by atoms with Gasteiger partial charge in [0.2, 0.25) is 5.67 Å². The molecule has 25 heavy (non-hydrogen) atoms. The maximum absolute atomic E-state index is 13.5. The van der Waals surface area contributed by atoms with Crippen LogP contribution in [0.3, 0.4) is 0 Å². The van der Waals surface area contributed by atoms with Crippen molar-refractivity contribution in [1.29, 1.82) is 0 Å². The predicted octanol–water partition coefficient (Wildman–Crippen LogP) is 4.21. The van der Waals surface area contributed by atoms with Gasteiger partial charge in [-0.15, -0.1) is 0 Å². The first-order valence-electron chi connectivity index (χ1n) is 9.82. The van der Waals surface area contributed by atoms with Gasteiger partial charge in [0, 0.05) is 0 Å². The number of carbonyl (C=O) groups excluding carboxylic acids is 2. The second kappa shape index (κ2) is 6.88. The van der Waals surface area contributed by atoms with Crippen molar-refractivity contribution in [3.63, 3.8) is 0 Å². The Morgan fingerprint density at radius 1 is 1.08 bits per heavy atom. The Morgan fingerprint density at radius 3 is 2.12 bits per heavy atom. The molecule has 0 amide bonds. The summed E-state index contributed by atoms with van der Waals surface area (Å²) in [6.45, 7) is 3.91. The number of carbonyl (C=O) groups is 2. The number of halogens is 1. The Balaban J connectivity index is 1.67. The molecule has 4 saturated carbocycles. The summed E-state index contributed by atoms with van der Waals surface area (Å²) >= 11 is 0. The molecule has 0 N–H and O–H groups in total. The second-order valence-electron chi connectivity index (χ2n) is 8.89. The van der Waals surface area contributed by atoms with Crippen molar-refractivity contribution >= 4 is 11.9 Å². The van der Waals surface area contributed by atoms with Crippen molar-refractivity contribution in [2.45, 2.75) is 83.4 Å². The topological polar surface area (TPSA) is 52.6 Å². The van der Waals surface area contributed by atoms with Gasteiger partial charge >= 0.3 is 11.9 Å². The summed E-state index contributed by atoms with van der Waals surface area (Å²) < 4.78 is 24.4. The van der Waals surface area contributed by atoms with Crippen LogP contribution in [-0.4, -0.2) is 29.8 Å². The van der Waals surface area contributed by atoms with Crippen LogP contribution in [0.2, 0.25) is 0 Å². The molecule has 4 rings (SSSR count). The molecular formula is C20H31FO4. The highest BCUT2D eigenvalue weighted by Crippen LogP contribution is 2.61. The number of unbranched alkanes of at least 4 members (excludes halogenated alkanes) is 1. The summed E-state index contributed by atoms with van der Waals surface area (Å²) in [5.41, 5.74) is -2.49. The predicted molar refractivity (Wildman–Crippen MR) is 91.5 cm³/mol. The first-order chi connectivity index (χ1) is 11.7. The van der Waals surface area contributed by atoms with Crippen LogP contribution in [0.4, 0.5) is 4.39 Å². The quantitative estimate of drug-likeness (QED) is 0.643. The summed E-state index contributed by atoms with van der Waals surface area (Å²) in [6, 6.07) is 0. The van der Waals surface area contributed by atoms with Crippen molar-refractivity contribution in [1.82, 2.24) is 0 Å². The number of hydrogen-bond donors (Lipinski definition) is 0. The SMILES string of the molecule is CCCCC1(OC(=O)COC(=O)C(C)(C)F)C2CC3CC(C2)CC1C3. The third-order valence-corrected chi connectivity index (χ3v) is 6.55. The second-order valence-corrected chi connectivity index (χ2v) is 8.89. The Bertz CT molecular complexity index is 494. The van der Waals surface area contributed by atoms with Crippen LogP contribution in [0.25, 0.3) is 0 Å². The Labute approximate surface area is 149 Å². The van der Waals surface area contributed by atoms with Gasteiger partial charge in [-0.2, -0.15) is 0 Å². The van der Waals surface area contributed by atoms with Gasteiger partial charge in [0.1, 0.15) is 5.60 Å². The van der Waals surface area contributed by atoms with Gasteiger partial charge in [-0.25, -0.2) is 14.0 Å². The number of hydrogen-bond acceptors (Lipinski definition) is 4. The van der Waals surface area contributed by atoms with Crippen LogP contribution in [0, 0.1) is 23.7 Å². The fraction of sp³-hybridized carbons (Fsp3) is 0.900. The molecule has 0 unspecified atom stereocenters. The van der Waals surface area contributed by atoms with Crippen LogP contribution < -0.4 is 0 Å². The zero-order valence-electron chi connectivity index (χ0n) is 15.7. The minimum Gasteiger partial charge on any atom is -0.456 e. The lowest BCUT2D eigenvalue weighted by Crippen LogP contribution is -2.60. The van der Waals surface area contributed by atoms with E-state index in [-0.39, 0.29) is 0 Å². The lowest BCUT2D eigenvalue weighted by Gasteiger charge is -2.60. The van der Waals surface area contributed by atoms with Gasteiger partial charge in [0.05, 0.1) is 0 Å². The summed E-state index contributed by atoms with van der Waals surface area (Å²) in [4.78, 5) is 24.0. The molecule has 4 fully saturated rings. The van der Waals surface area contributed by atoms with E-state index in [0.29, 0.717) is 11.8 Å². The molecule has 4 aliphatic rings. The third-order valence-electron chi connectivity index (χ3n) is 6.55. The van der Waals surface area contributed by atoms with Crippen molar-refractivity contribution in [2.24, 2.45) is 23.7 Å². The Kier molecular flexibility index (Phi) is 5.13. The van der Waals surface area contributed by atoms with E-state index >= 15 is 0 Å². The molecule has 4 nitrogen and oxygen atoms in total. The molecular weight excluding hydrogens is 323 g/mol. The minimum atomic E-state index is -2.09. The fourth-order valence-electron chi connectivity index (χ4n) is 5.60. The molecule has 0 radical (unpaired) electrons. The number of alkyl halides is 1. The molecule has 0 aromatic carbocycles. The molecule has 5 heteroatoms. The van der Waals surface area contributed by atoms with E-state index < -0.39 is 29.8 Å².